The molecule has 8 nitrogen and oxygen atoms in total. The van der Waals surface area contributed by atoms with Gasteiger partial charge in [0.15, 0.2) is 11.0 Å². The van der Waals surface area contributed by atoms with E-state index in [0.717, 1.165) is 11.1 Å². The van der Waals surface area contributed by atoms with Gasteiger partial charge in [0.05, 0.1) is 6.04 Å². The van der Waals surface area contributed by atoms with Crippen LogP contribution in [0.25, 0.3) is 22.3 Å². The molecule has 0 aliphatic carbocycles. The van der Waals surface area contributed by atoms with Crippen molar-refractivity contribution in [3.63, 3.8) is 0 Å². The number of amides is 1. The van der Waals surface area contributed by atoms with Crippen molar-refractivity contribution in [2.24, 2.45) is 0 Å². The fraction of sp³-hybridized carbons (Fsp3) is 0.136. The molecule has 1 aromatic carbocycles. The lowest BCUT2D eigenvalue weighted by Gasteiger charge is -2.19. The van der Waals surface area contributed by atoms with Crippen LogP contribution in [0.2, 0.25) is 5.15 Å². The zero-order valence-electron chi connectivity index (χ0n) is 16.4. The van der Waals surface area contributed by atoms with E-state index in [4.69, 9.17) is 11.6 Å². The Labute approximate surface area is 183 Å². The highest BCUT2D eigenvalue weighted by molar-refractivity contribution is 6.34. The van der Waals surface area contributed by atoms with Crippen molar-refractivity contribution in [2.75, 3.05) is 11.9 Å². The summed E-state index contributed by atoms with van der Waals surface area (Å²) in [6.07, 6.45) is 4.35. The van der Waals surface area contributed by atoms with Gasteiger partial charge in [-0.15, -0.1) is 0 Å². The van der Waals surface area contributed by atoms with Crippen molar-refractivity contribution < 1.29 is 9.90 Å². The van der Waals surface area contributed by atoms with E-state index in [9.17, 15) is 9.90 Å². The van der Waals surface area contributed by atoms with Gasteiger partial charge in [0.2, 0.25) is 0 Å². The van der Waals surface area contributed by atoms with E-state index >= 15 is 0 Å². The molecular weight excluding hydrogens is 416 g/mol. The predicted octanol–water partition coefficient (Wildman–Crippen LogP) is 4.03. The largest absolute Gasteiger partial charge is 0.465 e. The first-order valence-electron chi connectivity index (χ1n) is 9.60. The second-order valence-electron chi connectivity index (χ2n) is 6.85. The smallest absolute Gasteiger partial charge is 0.404 e. The molecular formula is C22H19ClN6O2. The number of nitrogens with one attached hydrogen (secondary N) is 2. The summed E-state index contributed by atoms with van der Waals surface area (Å²) in [6, 6.07) is 14.7. The third-order valence-corrected chi connectivity index (χ3v) is 4.95. The Morgan fingerprint density at radius 3 is 2.55 bits per heavy atom. The van der Waals surface area contributed by atoms with E-state index in [1.807, 2.05) is 30.3 Å². The molecule has 31 heavy (non-hydrogen) atoms. The van der Waals surface area contributed by atoms with Crippen LogP contribution in [0.1, 0.15) is 5.56 Å². The van der Waals surface area contributed by atoms with Crippen LogP contribution < -0.4 is 10.6 Å². The number of rotatable bonds is 7. The number of pyridine rings is 2. The molecule has 4 rings (SSSR count). The lowest BCUT2D eigenvalue weighted by molar-refractivity contribution is 0.190. The van der Waals surface area contributed by atoms with Gasteiger partial charge in [0, 0.05) is 36.1 Å². The zero-order chi connectivity index (χ0) is 21.6. The van der Waals surface area contributed by atoms with Gasteiger partial charge in [0.1, 0.15) is 11.3 Å². The maximum Gasteiger partial charge on any atom is 0.404 e. The van der Waals surface area contributed by atoms with Crippen LogP contribution in [0.3, 0.4) is 0 Å². The van der Waals surface area contributed by atoms with Crippen molar-refractivity contribution in [2.45, 2.75) is 12.5 Å². The highest BCUT2D eigenvalue weighted by atomic mass is 35.5. The number of hydrogen-bond acceptors (Lipinski definition) is 6. The summed E-state index contributed by atoms with van der Waals surface area (Å²) in [5, 5.41) is 16.1. The average Bonchev–Trinajstić information content (AvgIpc) is 2.78. The fourth-order valence-electron chi connectivity index (χ4n) is 3.26. The Morgan fingerprint density at radius 2 is 1.81 bits per heavy atom. The summed E-state index contributed by atoms with van der Waals surface area (Å²) in [5.41, 5.74) is 2.32. The van der Waals surface area contributed by atoms with Crippen LogP contribution in [-0.4, -0.2) is 43.7 Å². The van der Waals surface area contributed by atoms with Crippen molar-refractivity contribution in [3.05, 3.63) is 77.8 Å². The highest BCUT2D eigenvalue weighted by Crippen LogP contribution is 2.28. The van der Waals surface area contributed by atoms with Gasteiger partial charge in [-0.25, -0.2) is 19.7 Å². The first-order valence-corrected chi connectivity index (χ1v) is 9.98. The zero-order valence-corrected chi connectivity index (χ0v) is 17.1. The molecule has 1 amide bonds. The molecule has 3 heterocycles. The van der Waals surface area contributed by atoms with Crippen LogP contribution >= 0.6 is 11.6 Å². The molecule has 0 radical (unpaired) electrons. The number of carbonyl (C=O) groups is 1. The molecule has 1 atom stereocenters. The van der Waals surface area contributed by atoms with Gasteiger partial charge < -0.3 is 15.7 Å². The Morgan fingerprint density at radius 1 is 1.03 bits per heavy atom. The van der Waals surface area contributed by atoms with Gasteiger partial charge in [-0.05, 0) is 30.2 Å². The van der Waals surface area contributed by atoms with Crippen molar-refractivity contribution in [3.8, 4) is 11.4 Å². The number of anilines is 1. The second-order valence-corrected chi connectivity index (χ2v) is 7.20. The topological polar surface area (TPSA) is 113 Å². The van der Waals surface area contributed by atoms with Crippen LogP contribution in [0.4, 0.5) is 10.6 Å². The third kappa shape index (κ3) is 5.04. The molecule has 0 bridgehead atoms. The Kier molecular flexibility index (Phi) is 6.18. The Balaban J connectivity index is 1.65. The molecule has 0 saturated heterocycles. The van der Waals surface area contributed by atoms with Gasteiger partial charge in [-0.1, -0.05) is 41.9 Å². The molecule has 3 aromatic heterocycles. The van der Waals surface area contributed by atoms with Crippen LogP contribution in [0.5, 0.6) is 0 Å². The quantitative estimate of drug-likeness (QED) is 0.376. The maximum atomic E-state index is 11.3. The first-order chi connectivity index (χ1) is 15.1. The van der Waals surface area contributed by atoms with E-state index in [-0.39, 0.29) is 11.2 Å². The first kappa shape index (κ1) is 20.5. The van der Waals surface area contributed by atoms with Crippen molar-refractivity contribution in [1.82, 2.24) is 25.3 Å². The summed E-state index contributed by atoms with van der Waals surface area (Å²) in [7, 11) is 0. The lowest BCUT2D eigenvalue weighted by atomic mass is 10.1. The van der Waals surface area contributed by atoms with Crippen molar-refractivity contribution >= 4 is 34.4 Å². The summed E-state index contributed by atoms with van der Waals surface area (Å²) in [4.78, 5) is 28.7. The van der Waals surface area contributed by atoms with E-state index in [0.29, 0.717) is 35.5 Å². The number of benzene rings is 1. The maximum absolute atomic E-state index is 11.3. The molecule has 0 aliphatic rings. The molecule has 3 N–H and O–H groups in total. The van der Waals surface area contributed by atoms with Crippen LogP contribution in [0, 0.1) is 0 Å². The molecule has 4 aromatic rings. The number of halogens is 1. The SMILES string of the molecule is O=C(O)N[C@H](CNc1nc(-c2ccncc2)nc2c(Cl)nccc12)Cc1ccccc1. The lowest BCUT2D eigenvalue weighted by Crippen LogP contribution is -2.40. The molecule has 0 spiro atoms. The van der Waals surface area contributed by atoms with Gasteiger partial charge in [-0.3, -0.25) is 4.98 Å². The predicted molar refractivity (Wildman–Crippen MR) is 119 cm³/mol. The normalized spacial score (nSPS) is 11.8. The van der Waals surface area contributed by atoms with E-state index in [2.05, 4.69) is 30.6 Å². The molecule has 156 valence electrons. The minimum Gasteiger partial charge on any atom is -0.465 e. The van der Waals surface area contributed by atoms with E-state index in [1.54, 1.807) is 36.8 Å². The Hall–Kier alpha value is -3.78. The minimum absolute atomic E-state index is 0.266. The van der Waals surface area contributed by atoms with E-state index < -0.39 is 6.09 Å². The monoisotopic (exact) mass is 434 g/mol. The summed E-state index contributed by atoms with van der Waals surface area (Å²) in [6.45, 7) is 0.322. The molecule has 0 aliphatic heterocycles. The number of fused-ring (bicyclic) bond motifs is 1. The number of hydrogen-bond donors (Lipinski definition) is 3. The van der Waals surface area contributed by atoms with Crippen molar-refractivity contribution in [1.29, 1.82) is 0 Å². The molecule has 9 heteroatoms. The average molecular weight is 435 g/mol. The Bertz CT molecular complexity index is 1190. The highest BCUT2D eigenvalue weighted by Gasteiger charge is 2.16. The standard InChI is InChI=1S/C22H19ClN6O2/c23-19-18-17(8-11-25-19)21(29-20(28-18)15-6-9-24-10-7-15)26-13-16(27-22(30)31)12-14-4-2-1-3-5-14/h1-11,16,27H,12-13H2,(H,30,31)(H,26,28,29)/t16-/m0/s1. The van der Waals surface area contributed by atoms with Gasteiger partial charge >= 0.3 is 6.09 Å². The number of nitrogens with zero attached hydrogens (tertiary/aromatic N) is 4. The molecule has 0 fully saturated rings. The van der Waals surface area contributed by atoms with Crippen LogP contribution in [-0.2, 0) is 6.42 Å². The minimum atomic E-state index is -1.08. The van der Waals surface area contributed by atoms with Gasteiger partial charge in [-0.2, -0.15) is 0 Å². The number of carboxylic acid groups (broad SMARTS) is 1. The second kappa shape index (κ2) is 9.36. The summed E-state index contributed by atoms with van der Waals surface area (Å²) in [5.74, 6) is 1.02. The van der Waals surface area contributed by atoms with E-state index in [1.165, 1.54) is 0 Å². The molecule has 0 saturated carbocycles. The summed E-state index contributed by atoms with van der Waals surface area (Å²) < 4.78 is 0. The summed E-state index contributed by atoms with van der Waals surface area (Å²) >= 11 is 6.30. The fourth-order valence-corrected chi connectivity index (χ4v) is 3.46. The molecule has 0 unspecified atom stereocenters. The third-order valence-electron chi connectivity index (χ3n) is 4.68. The van der Waals surface area contributed by atoms with Crippen LogP contribution in [0.15, 0.2) is 67.1 Å². The van der Waals surface area contributed by atoms with Gasteiger partial charge in [0.25, 0.3) is 0 Å². The number of aromatic nitrogens is 4.